The van der Waals surface area contributed by atoms with Gasteiger partial charge in [-0.3, -0.25) is 10.00 Å². The minimum Gasteiger partial charge on any atom is -0.320 e. The predicted octanol–water partition coefficient (Wildman–Crippen LogP) is 3.73. The maximum absolute atomic E-state index is 12.7. The third-order valence-electron chi connectivity index (χ3n) is 5.16. The molecule has 2 heterocycles. The fraction of sp³-hybridized carbons (Fsp3) is 0.632. The molecular formula is C19H30N6O. The summed E-state index contributed by atoms with van der Waals surface area (Å²) >= 11 is 0. The number of anilines is 1. The second-order valence-electron chi connectivity index (χ2n) is 7.05. The standard InChI is InChI=1S/C19H30N6O/c1-3-23(13-17-12-21-24(4-2)14-17)19(26)22-18-10-11-20-25(18)15-16-8-6-5-7-9-16/h10-12,14,16H,3-9,13,15H2,1-2H3,(H,22,26). The number of amides is 2. The molecule has 1 fully saturated rings. The zero-order valence-electron chi connectivity index (χ0n) is 15.9. The van der Waals surface area contributed by atoms with E-state index >= 15 is 0 Å². The van der Waals surface area contributed by atoms with Crippen LogP contribution in [0.3, 0.4) is 0 Å². The van der Waals surface area contributed by atoms with Gasteiger partial charge in [-0.25, -0.2) is 9.48 Å². The minimum atomic E-state index is -0.0952. The van der Waals surface area contributed by atoms with Crippen molar-refractivity contribution in [3.63, 3.8) is 0 Å². The van der Waals surface area contributed by atoms with Crippen LogP contribution in [0.4, 0.5) is 10.6 Å². The first kappa shape index (κ1) is 18.5. The maximum Gasteiger partial charge on any atom is 0.323 e. The van der Waals surface area contributed by atoms with Crippen LogP contribution in [-0.4, -0.2) is 37.0 Å². The van der Waals surface area contributed by atoms with Gasteiger partial charge in [0.2, 0.25) is 0 Å². The summed E-state index contributed by atoms with van der Waals surface area (Å²) in [5.41, 5.74) is 1.04. The molecule has 0 saturated heterocycles. The van der Waals surface area contributed by atoms with Gasteiger partial charge in [0, 0.05) is 37.5 Å². The molecule has 3 rings (SSSR count). The smallest absolute Gasteiger partial charge is 0.320 e. The van der Waals surface area contributed by atoms with Crippen molar-refractivity contribution in [3.05, 3.63) is 30.2 Å². The Morgan fingerprint density at radius 3 is 2.77 bits per heavy atom. The molecule has 0 spiro atoms. The van der Waals surface area contributed by atoms with Crippen LogP contribution in [0.5, 0.6) is 0 Å². The molecule has 0 unspecified atom stereocenters. The highest BCUT2D eigenvalue weighted by molar-refractivity contribution is 5.88. The van der Waals surface area contributed by atoms with E-state index in [0.717, 1.165) is 24.5 Å². The van der Waals surface area contributed by atoms with Gasteiger partial charge in [0.1, 0.15) is 5.82 Å². The molecule has 0 bridgehead atoms. The lowest BCUT2D eigenvalue weighted by Crippen LogP contribution is -2.35. The van der Waals surface area contributed by atoms with Crippen molar-refractivity contribution in [2.24, 2.45) is 5.92 Å². The van der Waals surface area contributed by atoms with Crippen molar-refractivity contribution in [2.75, 3.05) is 11.9 Å². The van der Waals surface area contributed by atoms with Crippen molar-refractivity contribution >= 4 is 11.8 Å². The fourth-order valence-corrected chi connectivity index (χ4v) is 3.60. The summed E-state index contributed by atoms with van der Waals surface area (Å²) < 4.78 is 3.82. The van der Waals surface area contributed by atoms with E-state index in [9.17, 15) is 4.79 Å². The normalized spacial score (nSPS) is 15.2. The number of urea groups is 1. The summed E-state index contributed by atoms with van der Waals surface area (Å²) in [6, 6.07) is 1.78. The first-order valence-electron chi connectivity index (χ1n) is 9.78. The summed E-state index contributed by atoms with van der Waals surface area (Å²) in [4.78, 5) is 14.5. The average molecular weight is 358 g/mol. The molecule has 1 aliphatic carbocycles. The molecule has 7 nitrogen and oxygen atoms in total. The zero-order chi connectivity index (χ0) is 18.4. The number of hydrogen-bond donors (Lipinski definition) is 1. The highest BCUT2D eigenvalue weighted by atomic mass is 16.2. The van der Waals surface area contributed by atoms with E-state index in [1.54, 1.807) is 11.1 Å². The first-order valence-corrected chi connectivity index (χ1v) is 9.78. The molecule has 0 aliphatic heterocycles. The Kier molecular flexibility index (Phi) is 6.30. The number of nitrogens with zero attached hydrogens (tertiary/aromatic N) is 5. The first-order chi connectivity index (χ1) is 12.7. The topological polar surface area (TPSA) is 68.0 Å². The predicted molar refractivity (Wildman–Crippen MR) is 102 cm³/mol. The lowest BCUT2D eigenvalue weighted by Gasteiger charge is -2.24. The second-order valence-corrected chi connectivity index (χ2v) is 7.05. The molecule has 1 saturated carbocycles. The number of rotatable bonds is 7. The van der Waals surface area contributed by atoms with Crippen LogP contribution in [0, 0.1) is 5.92 Å². The van der Waals surface area contributed by atoms with E-state index < -0.39 is 0 Å². The van der Waals surface area contributed by atoms with E-state index in [2.05, 4.69) is 22.4 Å². The van der Waals surface area contributed by atoms with E-state index in [0.29, 0.717) is 19.0 Å². The number of carbonyl (C=O) groups excluding carboxylic acids is 1. The monoisotopic (exact) mass is 358 g/mol. The zero-order valence-corrected chi connectivity index (χ0v) is 15.9. The number of aryl methyl sites for hydroxylation is 1. The van der Waals surface area contributed by atoms with E-state index in [-0.39, 0.29) is 6.03 Å². The van der Waals surface area contributed by atoms with Crippen LogP contribution in [0.2, 0.25) is 0 Å². The van der Waals surface area contributed by atoms with E-state index in [1.807, 2.05) is 34.7 Å². The number of hydrogen-bond acceptors (Lipinski definition) is 3. The quantitative estimate of drug-likeness (QED) is 0.820. The molecule has 2 aromatic rings. The number of aromatic nitrogens is 4. The van der Waals surface area contributed by atoms with Crippen molar-refractivity contribution in [3.8, 4) is 0 Å². The van der Waals surface area contributed by atoms with Gasteiger partial charge in [-0.2, -0.15) is 10.2 Å². The van der Waals surface area contributed by atoms with Gasteiger partial charge >= 0.3 is 6.03 Å². The molecule has 26 heavy (non-hydrogen) atoms. The Labute approximate surface area is 155 Å². The Morgan fingerprint density at radius 1 is 1.27 bits per heavy atom. The van der Waals surface area contributed by atoms with Crippen molar-refractivity contribution < 1.29 is 4.79 Å². The number of nitrogens with one attached hydrogen (secondary N) is 1. The summed E-state index contributed by atoms with van der Waals surface area (Å²) in [6.45, 7) is 6.95. The van der Waals surface area contributed by atoms with Crippen molar-refractivity contribution in [2.45, 2.75) is 65.6 Å². The van der Waals surface area contributed by atoms with E-state index in [4.69, 9.17) is 0 Å². The van der Waals surface area contributed by atoms with Crippen LogP contribution in [0.1, 0.15) is 51.5 Å². The largest absolute Gasteiger partial charge is 0.323 e. The second kappa shape index (κ2) is 8.87. The molecule has 0 atom stereocenters. The molecule has 2 aromatic heterocycles. The fourth-order valence-electron chi connectivity index (χ4n) is 3.60. The van der Waals surface area contributed by atoms with Crippen LogP contribution in [-0.2, 0) is 19.6 Å². The van der Waals surface area contributed by atoms with Gasteiger partial charge in [-0.05, 0) is 32.6 Å². The Morgan fingerprint density at radius 2 is 2.08 bits per heavy atom. The molecular weight excluding hydrogens is 328 g/mol. The Hall–Kier alpha value is -2.31. The van der Waals surface area contributed by atoms with Crippen molar-refractivity contribution in [1.29, 1.82) is 0 Å². The molecule has 142 valence electrons. The average Bonchev–Trinajstić information content (AvgIpc) is 3.30. The van der Waals surface area contributed by atoms with Gasteiger partial charge in [0.25, 0.3) is 0 Å². The van der Waals surface area contributed by atoms with Gasteiger partial charge in [0.15, 0.2) is 0 Å². The van der Waals surface area contributed by atoms with Crippen LogP contribution >= 0.6 is 0 Å². The van der Waals surface area contributed by atoms with E-state index in [1.165, 1.54) is 32.1 Å². The SMILES string of the molecule is CCN(Cc1cnn(CC)c1)C(=O)Nc1ccnn1CC1CCCCC1. The van der Waals surface area contributed by atoms with Crippen molar-refractivity contribution in [1.82, 2.24) is 24.5 Å². The van der Waals surface area contributed by atoms with Gasteiger partial charge in [-0.1, -0.05) is 19.3 Å². The van der Waals surface area contributed by atoms with Gasteiger partial charge in [-0.15, -0.1) is 0 Å². The molecule has 0 radical (unpaired) electrons. The summed E-state index contributed by atoms with van der Waals surface area (Å²) in [5.74, 6) is 1.45. The summed E-state index contributed by atoms with van der Waals surface area (Å²) in [5, 5.41) is 11.7. The maximum atomic E-state index is 12.7. The van der Waals surface area contributed by atoms with Crippen LogP contribution < -0.4 is 5.32 Å². The third kappa shape index (κ3) is 4.65. The summed E-state index contributed by atoms with van der Waals surface area (Å²) in [6.07, 6.45) is 12.1. The molecule has 0 aromatic carbocycles. The van der Waals surface area contributed by atoms with Gasteiger partial charge in [0.05, 0.1) is 18.9 Å². The summed E-state index contributed by atoms with van der Waals surface area (Å²) in [7, 11) is 0. The Bertz CT molecular complexity index is 700. The Balaban J connectivity index is 1.60. The third-order valence-corrected chi connectivity index (χ3v) is 5.16. The lowest BCUT2D eigenvalue weighted by molar-refractivity contribution is 0.211. The van der Waals surface area contributed by atoms with Crippen LogP contribution in [0.25, 0.3) is 0 Å². The molecule has 1 N–H and O–H groups in total. The van der Waals surface area contributed by atoms with Gasteiger partial charge < -0.3 is 4.90 Å². The molecule has 1 aliphatic rings. The minimum absolute atomic E-state index is 0.0952. The molecule has 2 amide bonds. The van der Waals surface area contributed by atoms with Crippen LogP contribution in [0.15, 0.2) is 24.7 Å². The highest BCUT2D eigenvalue weighted by Gasteiger charge is 2.18. The lowest BCUT2D eigenvalue weighted by atomic mass is 9.89. The molecule has 7 heteroatoms. The number of carbonyl (C=O) groups is 1. The highest BCUT2D eigenvalue weighted by Crippen LogP contribution is 2.26.